The minimum absolute atomic E-state index is 0.0495. The summed E-state index contributed by atoms with van der Waals surface area (Å²) in [5.74, 6) is 7.98. The van der Waals surface area contributed by atoms with Gasteiger partial charge in [0.15, 0.2) is 5.78 Å². The third-order valence-electron chi connectivity index (χ3n) is 15.9. The van der Waals surface area contributed by atoms with E-state index in [0.29, 0.717) is 25.0 Å². The molecule has 5 aliphatic carbocycles. The number of ketones is 1. The lowest BCUT2D eigenvalue weighted by molar-refractivity contribution is -0.223. The van der Waals surface area contributed by atoms with E-state index in [4.69, 9.17) is 14.2 Å². The van der Waals surface area contributed by atoms with Gasteiger partial charge >= 0.3 is 0 Å². The van der Waals surface area contributed by atoms with Crippen LogP contribution in [0.15, 0.2) is 42.0 Å². The largest absolute Gasteiger partial charge is 0.387 e. The third kappa shape index (κ3) is 5.26. The van der Waals surface area contributed by atoms with Gasteiger partial charge in [-0.25, -0.2) is 0 Å². The Labute approximate surface area is 300 Å². The van der Waals surface area contributed by atoms with Gasteiger partial charge < -0.3 is 24.4 Å². The fourth-order valence-corrected chi connectivity index (χ4v) is 13.0. The van der Waals surface area contributed by atoms with E-state index in [9.17, 15) is 15.0 Å². The van der Waals surface area contributed by atoms with Crippen LogP contribution in [-0.4, -0.2) is 65.3 Å². The van der Waals surface area contributed by atoms with Gasteiger partial charge in [0.1, 0.15) is 12.7 Å². The van der Waals surface area contributed by atoms with Gasteiger partial charge in [-0.2, -0.15) is 0 Å². The Kier molecular flexibility index (Phi) is 9.20. The van der Waals surface area contributed by atoms with Gasteiger partial charge in [0, 0.05) is 17.9 Å². The van der Waals surface area contributed by atoms with Crippen LogP contribution in [0.1, 0.15) is 116 Å². The lowest BCUT2D eigenvalue weighted by Gasteiger charge is -2.65. The Balaban J connectivity index is 1.27. The summed E-state index contributed by atoms with van der Waals surface area (Å²) >= 11 is 0. The van der Waals surface area contributed by atoms with E-state index in [2.05, 4.69) is 56.9 Å². The van der Waals surface area contributed by atoms with Gasteiger partial charge in [0.25, 0.3) is 0 Å². The fourth-order valence-electron chi connectivity index (χ4n) is 13.0. The molecule has 1 spiro atoms. The second kappa shape index (κ2) is 13.1. The van der Waals surface area contributed by atoms with Crippen LogP contribution in [0.4, 0.5) is 0 Å². The molecular formula is C44H60O6. The number of aliphatic hydroxyl groups excluding tert-OH is 1. The molecule has 4 aliphatic heterocycles. The number of hydrogen-bond acceptors (Lipinski definition) is 6. The average Bonchev–Trinajstić information content (AvgIpc) is 3.66. The highest BCUT2D eigenvalue weighted by molar-refractivity contribution is 5.95. The first-order chi connectivity index (χ1) is 24.0. The molecule has 4 saturated carbocycles. The summed E-state index contributed by atoms with van der Waals surface area (Å²) in [7, 11) is 0. The second-order valence-electron chi connectivity index (χ2n) is 18.1. The highest BCUT2D eigenvalue weighted by Crippen LogP contribution is 2.73. The molecule has 6 nitrogen and oxygen atoms in total. The van der Waals surface area contributed by atoms with Crippen molar-refractivity contribution in [1.29, 1.82) is 0 Å². The van der Waals surface area contributed by atoms with Crippen molar-refractivity contribution in [2.75, 3.05) is 19.8 Å². The van der Waals surface area contributed by atoms with Crippen LogP contribution in [0.5, 0.6) is 0 Å². The topological polar surface area (TPSA) is 85.2 Å². The zero-order valence-electron chi connectivity index (χ0n) is 30.9. The predicted molar refractivity (Wildman–Crippen MR) is 193 cm³/mol. The van der Waals surface area contributed by atoms with E-state index >= 15 is 0 Å². The highest BCUT2D eigenvalue weighted by Gasteiger charge is 2.73. The van der Waals surface area contributed by atoms with Gasteiger partial charge in [-0.05, 0) is 117 Å². The first-order valence-corrected chi connectivity index (χ1v) is 20.1. The monoisotopic (exact) mass is 684 g/mol. The Morgan fingerprint density at radius 1 is 0.940 bits per heavy atom. The molecule has 13 unspecified atom stereocenters. The third-order valence-corrected chi connectivity index (χ3v) is 15.9. The molecule has 50 heavy (non-hydrogen) atoms. The minimum Gasteiger partial charge on any atom is -0.387 e. The smallest absolute Gasteiger partial charge is 0.159 e. The normalized spacial score (nSPS) is 45.2. The summed E-state index contributed by atoms with van der Waals surface area (Å²) in [6.45, 7) is 9.97. The maximum absolute atomic E-state index is 14.5. The Morgan fingerprint density at radius 2 is 1.72 bits per heavy atom. The number of carbonyl (C=O) groups is 1. The molecule has 13 atom stereocenters. The molecule has 0 aromatic heterocycles. The van der Waals surface area contributed by atoms with Gasteiger partial charge in [0.2, 0.25) is 0 Å². The SMILES string of the molecule is CC1COC(C(O)C(C)(O)C2CCC34OCC#CC(c5ccccc5)COC5CCC6(C)C(C5)C(=O)C=C3C6CCC24C2CCCCC2)C1C. The van der Waals surface area contributed by atoms with E-state index in [0.717, 1.165) is 63.4 Å². The molecule has 2 N–H and O–H groups in total. The van der Waals surface area contributed by atoms with Crippen LogP contribution in [0, 0.1) is 58.2 Å². The number of rotatable bonds is 5. The van der Waals surface area contributed by atoms with Gasteiger partial charge in [-0.3, -0.25) is 4.79 Å². The van der Waals surface area contributed by atoms with Crippen molar-refractivity contribution in [3.8, 4) is 11.8 Å². The van der Waals surface area contributed by atoms with Gasteiger partial charge in [-0.1, -0.05) is 82.2 Å². The predicted octanol–water partition coefficient (Wildman–Crippen LogP) is 7.41. The van der Waals surface area contributed by atoms with Crippen molar-refractivity contribution in [2.45, 2.75) is 140 Å². The van der Waals surface area contributed by atoms with Crippen molar-refractivity contribution in [1.82, 2.24) is 0 Å². The van der Waals surface area contributed by atoms with E-state index in [1.807, 2.05) is 19.1 Å². The van der Waals surface area contributed by atoms with Gasteiger partial charge in [0.05, 0.1) is 35.9 Å². The van der Waals surface area contributed by atoms with Crippen molar-refractivity contribution in [3.05, 3.63) is 47.5 Å². The average molecular weight is 685 g/mol. The van der Waals surface area contributed by atoms with Crippen molar-refractivity contribution < 1.29 is 29.2 Å². The lowest BCUT2D eigenvalue weighted by Crippen LogP contribution is -2.67. The molecule has 10 rings (SSSR count). The summed E-state index contributed by atoms with van der Waals surface area (Å²) in [5, 5.41) is 25.1. The van der Waals surface area contributed by atoms with Crippen LogP contribution in [0.3, 0.4) is 0 Å². The summed E-state index contributed by atoms with van der Waals surface area (Å²) in [6.07, 6.45) is 12.5. The number of fused-ring (bicyclic) bond motifs is 2. The van der Waals surface area contributed by atoms with Crippen LogP contribution in [-0.2, 0) is 19.0 Å². The number of hydrogen-bond donors (Lipinski definition) is 2. The molecule has 272 valence electrons. The number of allylic oxidation sites excluding steroid dienone is 1. The molecule has 4 heterocycles. The molecule has 1 saturated heterocycles. The van der Waals surface area contributed by atoms with E-state index in [1.54, 1.807) is 0 Å². The standard InChI is InChI=1S/C44H60O6/c1-28-26-49-39(29(28)2)40(46)42(4,47)38-19-22-44-35-25-37(45)36-24-33(48-27-31(14-11-23-50-44)30-12-7-5-8-13-30)17-20-41(36,3)34(35)18-21-43(38,44)32-15-9-6-10-16-32/h5,7-8,12-13,25,28-29,31-34,36,38-40,46-47H,6,9-10,15-24,26-27H2,1-4H3. The Hall–Kier alpha value is -2.01. The van der Waals surface area contributed by atoms with Gasteiger partial charge in [-0.15, -0.1) is 0 Å². The Morgan fingerprint density at radius 3 is 2.46 bits per heavy atom. The Bertz CT molecular complexity index is 1520. The van der Waals surface area contributed by atoms with Crippen LogP contribution < -0.4 is 0 Å². The van der Waals surface area contributed by atoms with Crippen LogP contribution in [0.2, 0.25) is 0 Å². The number of aliphatic hydroxyl groups is 2. The lowest BCUT2D eigenvalue weighted by atomic mass is 9.42. The first-order valence-electron chi connectivity index (χ1n) is 20.1. The molecule has 6 heteroatoms. The first kappa shape index (κ1) is 35.0. The molecule has 6 bridgehead atoms. The maximum atomic E-state index is 14.5. The fraction of sp³-hybridized carbons (Fsp3) is 0.750. The molecule has 0 radical (unpaired) electrons. The molecule has 0 amide bonds. The minimum atomic E-state index is -1.38. The molecule has 1 aromatic rings. The molecule has 1 aromatic carbocycles. The maximum Gasteiger partial charge on any atom is 0.159 e. The quantitative estimate of drug-likeness (QED) is 0.315. The van der Waals surface area contributed by atoms with E-state index in [1.165, 1.54) is 24.8 Å². The second-order valence-corrected chi connectivity index (χ2v) is 18.1. The van der Waals surface area contributed by atoms with Crippen LogP contribution >= 0.6 is 0 Å². The summed E-state index contributed by atoms with van der Waals surface area (Å²) in [4.78, 5) is 14.5. The van der Waals surface area contributed by atoms with Crippen molar-refractivity contribution >= 4 is 5.78 Å². The number of carbonyl (C=O) groups excluding carboxylic acids is 1. The zero-order chi connectivity index (χ0) is 34.9. The molecular weight excluding hydrogens is 624 g/mol. The molecule has 5 fully saturated rings. The summed E-state index contributed by atoms with van der Waals surface area (Å²) in [5.41, 5.74) is -0.361. The van der Waals surface area contributed by atoms with E-state index < -0.39 is 28.8 Å². The van der Waals surface area contributed by atoms with Crippen molar-refractivity contribution in [2.24, 2.45) is 46.3 Å². The van der Waals surface area contributed by atoms with Crippen LogP contribution in [0.25, 0.3) is 0 Å². The van der Waals surface area contributed by atoms with Crippen molar-refractivity contribution in [3.63, 3.8) is 0 Å². The zero-order valence-corrected chi connectivity index (χ0v) is 30.9. The number of benzene rings is 1. The summed E-state index contributed by atoms with van der Waals surface area (Å²) in [6, 6.07) is 10.4. The highest BCUT2D eigenvalue weighted by atomic mass is 16.5. The number of ether oxygens (including phenoxy) is 3. The van der Waals surface area contributed by atoms with E-state index in [-0.39, 0.29) is 53.5 Å². The summed E-state index contributed by atoms with van der Waals surface area (Å²) < 4.78 is 20.3. The molecule has 9 aliphatic rings.